The first kappa shape index (κ1) is 6.38. The van der Waals surface area contributed by atoms with E-state index in [9.17, 15) is 0 Å². The van der Waals surface area contributed by atoms with Gasteiger partial charge < -0.3 is 0 Å². The second-order valence-electron chi connectivity index (χ2n) is 0.964. The minimum Gasteiger partial charge on any atom is -0.217 e. The molecule has 0 aliphatic heterocycles. The highest BCUT2D eigenvalue weighted by molar-refractivity contribution is 8.76. The summed E-state index contributed by atoms with van der Waals surface area (Å²) in [6, 6.07) is 0. The van der Waals surface area contributed by atoms with Crippen LogP contribution in [-0.2, 0) is 0 Å². The average Bonchev–Trinajstić information content (AvgIpc) is 2.19. The lowest BCUT2D eigenvalue weighted by Gasteiger charge is -1.81. The second-order valence-corrected chi connectivity index (χ2v) is 3.93. The maximum Gasteiger partial charge on any atom is 0.210 e. The third-order valence-electron chi connectivity index (χ3n) is 0.499. The van der Waals surface area contributed by atoms with Crippen LogP contribution in [0, 0.1) is 0 Å². The highest BCUT2D eigenvalue weighted by atomic mass is 33.1. The first-order chi connectivity index (χ1) is 3.93. The fourth-order valence-electron chi connectivity index (χ4n) is 0.272. The molecule has 1 aromatic rings. The molecule has 0 aromatic carbocycles. The highest BCUT2D eigenvalue weighted by Crippen LogP contribution is 2.24. The molecule has 0 fully saturated rings. The molecule has 0 radical (unpaired) electrons. The van der Waals surface area contributed by atoms with Crippen molar-refractivity contribution in [2.75, 3.05) is 6.26 Å². The first-order valence-electron chi connectivity index (χ1n) is 1.90. The molecule has 44 valence electrons. The van der Waals surface area contributed by atoms with E-state index in [1.165, 1.54) is 11.5 Å². The fourth-order valence-corrected chi connectivity index (χ4v) is 2.02. The van der Waals surface area contributed by atoms with Crippen LogP contribution in [0.5, 0.6) is 0 Å². The highest BCUT2D eigenvalue weighted by Gasteiger charge is 1.92. The number of nitrogens with zero attached hydrogens (tertiary/aromatic N) is 2. The predicted molar refractivity (Wildman–Crippen MR) is 39.3 cm³/mol. The van der Waals surface area contributed by atoms with E-state index in [2.05, 4.69) is 9.36 Å². The molecule has 0 saturated heterocycles. The molecule has 5 heteroatoms. The molecule has 0 atom stereocenters. The quantitative estimate of drug-likeness (QED) is 0.624. The third-order valence-corrected chi connectivity index (χ3v) is 2.55. The van der Waals surface area contributed by atoms with Gasteiger partial charge in [-0.1, -0.05) is 10.8 Å². The Bertz CT molecular complexity index is 138. The van der Waals surface area contributed by atoms with E-state index in [4.69, 9.17) is 0 Å². The van der Waals surface area contributed by atoms with Gasteiger partial charge in [0.2, 0.25) is 5.16 Å². The predicted octanol–water partition coefficient (Wildman–Crippen LogP) is 1.91. The minimum absolute atomic E-state index is 0.863. The largest absolute Gasteiger partial charge is 0.217 e. The molecule has 0 unspecified atom stereocenters. The Balaban J connectivity index is 2.50. The van der Waals surface area contributed by atoms with Gasteiger partial charge >= 0.3 is 0 Å². The van der Waals surface area contributed by atoms with Crippen molar-refractivity contribution in [3.63, 3.8) is 0 Å². The van der Waals surface area contributed by atoms with Gasteiger partial charge in [0.25, 0.3) is 0 Å². The van der Waals surface area contributed by atoms with Gasteiger partial charge in [-0.3, -0.25) is 0 Å². The van der Waals surface area contributed by atoms with Crippen molar-refractivity contribution in [2.24, 2.45) is 0 Å². The molecular weight excluding hydrogens is 160 g/mol. The summed E-state index contributed by atoms with van der Waals surface area (Å²) in [6.07, 6.45) is 2.01. The van der Waals surface area contributed by atoms with Crippen molar-refractivity contribution in [1.82, 2.24) is 9.36 Å². The van der Waals surface area contributed by atoms with Crippen molar-refractivity contribution < 1.29 is 0 Å². The van der Waals surface area contributed by atoms with Crippen LogP contribution in [0.1, 0.15) is 0 Å². The van der Waals surface area contributed by atoms with Crippen LogP contribution in [0.3, 0.4) is 0 Å². The van der Waals surface area contributed by atoms with Gasteiger partial charge in [0.1, 0.15) is 5.51 Å². The van der Waals surface area contributed by atoms with Crippen LogP contribution in [0.2, 0.25) is 0 Å². The molecule has 0 saturated carbocycles. The molecule has 8 heavy (non-hydrogen) atoms. The van der Waals surface area contributed by atoms with E-state index in [0.29, 0.717) is 0 Å². The summed E-state index contributed by atoms with van der Waals surface area (Å²) in [5.41, 5.74) is 1.73. The SMILES string of the molecule is CSSc1ncsn1. The lowest BCUT2D eigenvalue weighted by molar-refractivity contribution is 1.09. The van der Waals surface area contributed by atoms with Crippen molar-refractivity contribution in [3.05, 3.63) is 5.51 Å². The maximum atomic E-state index is 3.98. The van der Waals surface area contributed by atoms with Crippen molar-refractivity contribution >= 4 is 33.1 Å². The Morgan fingerprint density at radius 1 is 1.75 bits per heavy atom. The molecule has 0 aliphatic rings. The smallest absolute Gasteiger partial charge is 0.210 e. The zero-order chi connectivity index (χ0) is 5.82. The summed E-state index contributed by atoms with van der Waals surface area (Å²) in [5, 5.41) is 0.863. The van der Waals surface area contributed by atoms with Crippen LogP contribution in [-0.4, -0.2) is 15.6 Å². The topological polar surface area (TPSA) is 25.8 Å². The van der Waals surface area contributed by atoms with Crippen LogP contribution < -0.4 is 0 Å². The van der Waals surface area contributed by atoms with Crippen LogP contribution in [0.25, 0.3) is 0 Å². The van der Waals surface area contributed by atoms with Crippen LogP contribution in [0.4, 0.5) is 0 Å². The molecule has 0 aliphatic carbocycles. The monoisotopic (exact) mass is 164 g/mol. The molecule has 1 heterocycles. The van der Waals surface area contributed by atoms with E-state index in [1.807, 2.05) is 6.26 Å². The normalized spacial score (nSPS) is 9.62. The summed E-state index contributed by atoms with van der Waals surface area (Å²) in [6.45, 7) is 0. The van der Waals surface area contributed by atoms with Gasteiger partial charge in [0.15, 0.2) is 0 Å². The van der Waals surface area contributed by atoms with Crippen molar-refractivity contribution in [3.8, 4) is 0 Å². The molecule has 0 bridgehead atoms. The Morgan fingerprint density at radius 2 is 2.62 bits per heavy atom. The second kappa shape index (κ2) is 3.32. The first-order valence-corrected chi connectivity index (χ1v) is 5.30. The Hall–Kier alpha value is 0.260. The van der Waals surface area contributed by atoms with E-state index in [0.717, 1.165) is 5.16 Å². The lowest BCUT2D eigenvalue weighted by atomic mass is 11.3. The van der Waals surface area contributed by atoms with Crippen LogP contribution in [0.15, 0.2) is 10.7 Å². The molecule has 0 amide bonds. The minimum atomic E-state index is 0.863. The zero-order valence-corrected chi connectivity index (χ0v) is 6.65. The van der Waals surface area contributed by atoms with E-state index in [1.54, 1.807) is 27.1 Å². The van der Waals surface area contributed by atoms with Crippen LogP contribution >= 0.6 is 33.1 Å². The Kier molecular flexibility index (Phi) is 2.65. The Morgan fingerprint density at radius 3 is 3.12 bits per heavy atom. The zero-order valence-electron chi connectivity index (χ0n) is 4.20. The summed E-state index contributed by atoms with van der Waals surface area (Å²) >= 11 is 1.38. The Labute approximate surface area is 59.7 Å². The molecule has 0 N–H and O–H groups in total. The van der Waals surface area contributed by atoms with E-state index >= 15 is 0 Å². The van der Waals surface area contributed by atoms with Gasteiger partial charge in [0.05, 0.1) is 0 Å². The molecule has 1 aromatic heterocycles. The number of hydrogen-bond donors (Lipinski definition) is 0. The summed E-state index contributed by atoms with van der Waals surface area (Å²) in [7, 11) is 3.24. The number of hydrogen-bond acceptors (Lipinski definition) is 5. The summed E-state index contributed by atoms with van der Waals surface area (Å²) in [5.74, 6) is 0. The van der Waals surface area contributed by atoms with Crippen molar-refractivity contribution in [1.29, 1.82) is 0 Å². The molecule has 2 nitrogen and oxygen atoms in total. The van der Waals surface area contributed by atoms with E-state index in [-0.39, 0.29) is 0 Å². The fraction of sp³-hybridized carbons (Fsp3) is 0.333. The van der Waals surface area contributed by atoms with Crippen molar-refractivity contribution in [2.45, 2.75) is 5.16 Å². The molecule has 1 rings (SSSR count). The average molecular weight is 164 g/mol. The summed E-state index contributed by atoms with van der Waals surface area (Å²) in [4.78, 5) is 3.96. The summed E-state index contributed by atoms with van der Waals surface area (Å²) < 4.78 is 3.98. The number of aromatic nitrogens is 2. The van der Waals surface area contributed by atoms with E-state index < -0.39 is 0 Å². The lowest BCUT2D eigenvalue weighted by Crippen LogP contribution is -1.64. The van der Waals surface area contributed by atoms with Gasteiger partial charge in [-0.15, -0.1) is 0 Å². The number of rotatable bonds is 2. The van der Waals surface area contributed by atoms with Gasteiger partial charge in [-0.25, -0.2) is 4.98 Å². The van der Waals surface area contributed by atoms with Gasteiger partial charge in [0, 0.05) is 0 Å². The standard InChI is InChI=1S/C3H4N2S3/c1-6-8-3-4-2-7-5-3/h2H,1H3. The molecular formula is C3H4N2S3. The van der Waals surface area contributed by atoms with Gasteiger partial charge in [-0.2, -0.15) is 4.37 Å². The molecule has 0 spiro atoms. The maximum absolute atomic E-state index is 3.98. The van der Waals surface area contributed by atoms with Gasteiger partial charge in [-0.05, 0) is 28.6 Å². The third kappa shape index (κ3) is 1.65.